The van der Waals surface area contributed by atoms with E-state index >= 15 is 0 Å². The number of benzene rings is 3. The van der Waals surface area contributed by atoms with Crippen LogP contribution in [0.25, 0.3) is 0 Å². The lowest BCUT2D eigenvalue weighted by Crippen LogP contribution is -2.56. The zero-order valence-corrected chi connectivity index (χ0v) is 23.6. The maximum Gasteiger partial charge on any atom is 0.235 e. The Kier molecular flexibility index (Phi) is 8.80. The van der Waals surface area contributed by atoms with E-state index < -0.39 is 41.0 Å². The van der Waals surface area contributed by atoms with Crippen molar-refractivity contribution in [3.05, 3.63) is 93.5 Å². The molecule has 0 radical (unpaired) electrons. The molecule has 0 heterocycles. The van der Waals surface area contributed by atoms with Crippen molar-refractivity contribution >= 4 is 52.2 Å². The SMILES string of the molecule is CCc1ccccc1NC(=O)C1C(=O)CC(C)(O)C(C(=O)Nc2ccccc2CC)C1c1ccc(Cl)c(Cl)c1. The maximum atomic E-state index is 13.9. The van der Waals surface area contributed by atoms with Gasteiger partial charge in [-0.2, -0.15) is 0 Å². The summed E-state index contributed by atoms with van der Waals surface area (Å²) in [5.74, 6) is -4.88. The highest BCUT2D eigenvalue weighted by Gasteiger charge is 2.56. The van der Waals surface area contributed by atoms with Crippen LogP contribution >= 0.6 is 23.2 Å². The first kappa shape index (κ1) is 28.8. The van der Waals surface area contributed by atoms with Crippen molar-refractivity contribution in [3.63, 3.8) is 0 Å². The van der Waals surface area contributed by atoms with Gasteiger partial charge in [0.2, 0.25) is 11.8 Å². The Balaban J connectivity index is 1.81. The molecule has 0 saturated heterocycles. The van der Waals surface area contributed by atoms with Gasteiger partial charge in [-0.15, -0.1) is 0 Å². The van der Waals surface area contributed by atoms with Crippen molar-refractivity contribution in [2.24, 2.45) is 11.8 Å². The van der Waals surface area contributed by atoms with Crippen LogP contribution in [0, 0.1) is 11.8 Å². The summed E-state index contributed by atoms with van der Waals surface area (Å²) in [5.41, 5.74) is 1.79. The van der Waals surface area contributed by atoms with Crippen molar-refractivity contribution in [2.75, 3.05) is 10.6 Å². The summed E-state index contributed by atoms with van der Waals surface area (Å²) in [6, 6.07) is 19.5. The van der Waals surface area contributed by atoms with Gasteiger partial charge in [-0.25, -0.2) is 0 Å². The van der Waals surface area contributed by atoms with E-state index in [2.05, 4.69) is 10.6 Å². The molecule has 0 aliphatic heterocycles. The third kappa shape index (κ3) is 6.03. The van der Waals surface area contributed by atoms with Gasteiger partial charge in [-0.05, 0) is 60.7 Å². The third-order valence-electron chi connectivity index (χ3n) is 7.47. The summed E-state index contributed by atoms with van der Waals surface area (Å²) in [6.45, 7) is 5.42. The van der Waals surface area contributed by atoms with Crippen LogP contribution in [0.5, 0.6) is 0 Å². The van der Waals surface area contributed by atoms with Gasteiger partial charge >= 0.3 is 0 Å². The Bertz CT molecular complexity index is 1400. The van der Waals surface area contributed by atoms with Crippen LogP contribution in [0.1, 0.15) is 49.8 Å². The number of halogens is 2. The minimum absolute atomic E-state index is 0.220. The molecule has 8 heteroatoms. The first-order valence-corrected chi connectivity index (χ1v) is 13.8. The normalized spacial score (nSPS) is 22.8. The van der Waals surface area contributed by atoms with Crippen LogP contribution in [-0.4, -0.2) is 28.3 Å². The second-order valence-corrected chi connectivity index (χ2v) is 11.0. The van der Waals surface area contributed by atoms with E-state index in [0.717, 1.165) is 11.1 Å². The molecule has 0 spiro atoms. The highest BCUT2D eigenvalue weighted by Crippen LogP contribution is 2.47. The summed E-state index contributed by atoms with van der Waals surface area (Å²) in [7, 11) is 0. The number of carbonyl (C=O) groups is 3. The second-order valence-electron chi connectivity index (χ2n) is 10.2. The van der Waals surface area contributed by atoms with Crippen molar-refractivity contribution < 1.29 is 19.5 Å². The molecule has 3 N–H and O–H groups in total. The molecule has 1 aliphatic carbocycles. The topological polar surface area (TPSA) is 95.5 Å². The Morgan fingerprint density at radius 2 is 1.41 bits per heavy atom. The minimum Gasteiger partial charge on any atom is -0.389 e. The fourth-order valence-corrected chi connectivity index (χ4v) is 5.84. The van der Waals surface area contributed by atoms with Crippen molar-refractivity contribution in [3.8, 4) is 0 Å². The minimum atomic E-state index is -1.72. The molecule has 204 valence electrons. The molecule has 3 aromatic rings. The standard InChI is InChI=1S/C31H32Cl2N2O4/c1-4-18-10-6-8-12-23(18)34-29(37)27-25(36)17-31(3,39)28(26(27)20-14-15-21(32)22(33)16-20)30(38)35-24-13-9-7-11-19(24)5-2/h6-16,26-28,39H,4-5,17H2,1-3H3,(H,34,37)(H,35,38). The Labute approximate surface area is 238 Å². The van der Waals surface area contributed by atoms with Gasteiger partial charge in [0, 0.05) is 23.7 Å². The number of Topliss-reactive ketones (excluding diaryl/α,β-unsaturated/α-hetero) is 1. The van der Waals surface area contributed by atoms with Gasteiger partial charge < -0.3 is 15.7 Å². The summed E-state index contributed by atoms with van der Waals surface area (Å²) in [5, 5.41) is 17.9. The van der Waals surface area contributed by atoms with Crippen molar-refractivity contribution in [1.82, 2.24) is 0 Å². The summed E-state index contributed by atoms with van der Waals surface area (Å²) in [4.78, 5) is 41.3. The number of aryl methyl sites for hydroxylation is 2. The molecule has 4 atom stereocenters. The molecule has 0 bridgehead atoms. The fraction of sp³-hybridized carbons (Fsp3) is 0.323. The maximum absolute atomic E-state index is 13.9. The number of hydrogen-bond donors (Lipinski definition) is 3. The number of ketones is 1. The lowest BCUT2D eigenvalue weighted by atomic mass is 9.61. The third-order valence-corrected chi connectivity index (χ3v) is 8.21. The van der Waals surface area contributed by atoms with E-state index in [1.165, 1.54) is 6.92 Å². The quantitative estimate of drug-likeness (QED) is 0.287. The number of hydrogen-bond acceptors (Lipinski definition) is 4. The molecule has 39 heavy (non-hydrogen) atoms. The van der Waals surface area contributed by atoms with Crippen LogP contribution in [0.2, 0.25) is 10.0 Å². The summed E-state index contributed by atoms with van der Waals surface area (Å²) in [6.07, 6.45) is 1.02. The second kappa shape index (κ2) is 11.9. The van der Waals surface area contributed by atoms with Crippen molar-refractivity contribution in [2.45, 2.75) is 51.6 Å². The molecule has 2 amide bonds. The van der Waals surface area contributed by atoms with Gasteiger partial charge in [0.1, 0.15) is 11.7 Å². The Morgan fingerprint density at radius 3 is 1.95 bits per heavy atom. The molecule has 1 fully saturated rings. The lowest BCUT2D eigenvalue weighted by Gasteiger charge is -2.44. The van der Waals surface area contributed by atoms with Gasteiger partial charge in [0.25, 0.3) is 0 Å². The molecule has 6 nitrogen and oxygen atoms in total. The van der Waals surface area contributed by atoms with Gasteiger partial charge in [0.15, 0.2) is 0 Å². The van der Waals surface area contributed by atoms with Gasteiger partial charge in [-0.3, -0.25) is 14.4 Å². The largest absolute Gasteiger partial charge is 0.389 e. The highest BCUT2D eigenvalue weighted by atomic mass is 35.5. The van der Waals surface area contributed by atoms with E-state index in [0.29, 0.717) is 34.8 Å². The van der Waals surface area contributed by atoms with E-state index in [1.807, 2.05) is 44.2 Å². The molecular formula is C31H32Cl2N2O4. The number of carbonyl (C=O) groups excluding carboxylic acids is 3. The number of amides is 2. The molecule has 1 saturated carbocycles. The van der Waals surface area contributed by atoms with E-state index in [9.17, 15) is 19.5 Å². The number of nitrogens with one attached hydrogen (secondary N) is 2. The van der Waals surface area contributed by atoms with E-state index in [-0.39, 0.29) is 11.4 Å². The van der Waals surface area contributed by atoms with Gasteiger partial charge in [-0.1, -0.05) is 79.5 Å². The van der Waals surface area contributed by atoms with Crippen LogP contribution < -0.4 is 10.6 Å². The number of anilines is 2. The number of rotatable bonds is 7. The fourth-order valence-electron chi connectivity index (χ4n) is 5.53. The predicted octanol–water partition coefficient (Wildman–Crippen LogP) is 6.44. The van der Waals surface area contributed by atoms with Crippen LogP contribution in [0.3, 0.4) is 0 Å². The zero-order chi connectivity index (χ0) is 28.3. The van der Waals surface area contributed by atoms with Gasteiger partial charge in [0.05, 0.1) is 21.6 Å². The van der Waals surface area contributed by atoms with Crippen molar-refractivity contribution in [1.29, 1.82) is 0 Å². The smallest absolute Gasteiger partial charge is 0.235 e. The van der Waals surface area contributed by atoms with E-state index in [1.54, 1.807) is 36.4 Å². The predicted molar refractivity (Wildman–Crippen MR) is 155 cm³/mol. The number of aliphatic hydroxyl groups is 1. The average Bonchev–Trinajstić information content (AvgIpc) is 2.89. The molecule has 4 rings (SSSR count). The summed E-state index contributed by atoms with van der Waals surface area (Å²) < 4.78 is 0. The number of para-hydroxylation sites is 2. The lowest BCUT2D eigenvalue weighted by molar-refractivity contribution is -0.150. The summed E-state index contributed by atoms with van der Waals surface area (Å²) >= 11 is 12.5. The molecular weight excluding hydrogens is 535 g/mol. The Hall–Kier alpha value is -3.19. The first-order chi connectivity index (χ1) is 18.6. The average molecular weight is 568 g/mol. The van der Waals surface area contributed by atoms with E-state index in [4.69, 9.17) is 23.2 Å². The molecule has 4 unspecified atom stereocenters. The molecule has 3 aromatic carbocycles. The van der Waals surface area contributed by atoms with Crippen LogP contribution in [0.15, 0.2) is 66.7 Å². The zero-order valence-electron chi connectivity index (χ0n) is 22.1. The van der Waals surface area contributed by atoms with Crippen LogP contribution in [0.4, 0.5) is 11.4 Å². The first-order valence-electron chi connectivity index (χ1n) is 13.0. The Morgan fingerprint density at radius 1 is 0.872 bits per heavy atom. The monoisotopic (exact) mass is 566 g/mol. The highest BCUT2D eigenvalue weighted by molar-refractivity contribution is 6.42. The molecule has 1 aliphatic rings. The molecule has 0 aromatic heterocycles. The van der Waals surface area contributed by atoms with Crippen LogP contribution in [-0.2, 0) is 27.2 Å².